The smallest absolute Gasteiger partial charge is 0.269 e. The lowest BCUT2D eigenvalue weighted by atomic mass is 10.1. The van der Waals surface area contributed by atoms with Gasteiger partial charge in [-0.1, -0.05) is 5.16 Å². The Bertz CT molecular complexity index is 1010. The van der Waals surface area contributed by atoms with Crippen LogP contribution >= 0.6 is 63.7 Å². The number of hydrogen-bond acceptors (Lipinski definition) is 7. The highest BCUT2D eigenvalue weighted by Crippen LogP contribution is 2.42. The maximum atomic E-state index is 12.4. The van der Waals surface area contributed by atoms with Gasteiger partial charge in [0.2, 0.25) is 0 Å². The molecule has 2 rings (SSSR count). The summed E-state index contributed by atoms with van der Waals surface area (Å²) in [5.74, 6) is 0.431. The molecule has 0 aliphatic heterocycles. The van der Waals surface area contributed by atoms with Gasteiger partial charge in [0.25, 0.3) is 5.91 Å². The van der Waals surface area contributed by atoms with Crippen molar-refractivity contribution < 1.29 is 24.6 Å². The van der Waals surface area contributed by atoms with Gasteiger partial charge in [-0.2, -0.15) is 0 Å². The zero-order chi connectivity index (χ0) is 24.5. The molecule has 0 fully saturated rings. The lowest BCUT2D eigenvalue weighted by Gasteiger charge is -2.14. The van der Waals surface area contributed by atoms with Crippen LogP contribution in [0.25, 0.3) is 0 Å². The summed E-state index contributed by atoms with van der Waals surface area (Å²) < 4.78 is 13.6. The second kappa shape index (κ2) is 13.5. The Balaban J connectivity index is 1.89. The van der Waals surface area contributed by atoms with Crippen LogP contribution in [0.5, 0.6) is 17.2 Å². The Morgan fingerprint density at radius 2 is 1.76 bits per heavy atom. The second-order valence-electron chi connectivity index (χ2n) is 6.82. The van der Waals surface area contributed by atoms with Crippen LogP contribution in [0, 0.1) is 0 Å². The van der Waals surface area contributed by atoms with E-state index in [1.54, 1.807) is 6.07 Å². The number of ether oxygens (including phenoxy) is 2. The van der Waals surface area contributed by atoms with Crippen molar-refractivity contribution in [1.29, 1.82) is 0 Å². The van der Waals surface area contributed by atoms with Crippen LogP contribution in [0.2, 0.25) is 0 Å². The minimum Gasteiger partial charge on any atom is -0.506 e. The van der Waals surface area contributed by atoms with Gasteiger partial charge >= 0.3 is 0 Å². The molecule has 0 saturated heterocycles. The van der Waals surface area contributed by atoms with Gasteiger partial charge in [-0.05, 0) is 107 Å². The number of methoxy groups -OCH3 is 1. The minimum atomic E-state index is -0.548. The van der Waals surface area contributed by atoms with E-state index in [1.807, 2.05) is 12.1 Å². The van der Waals surface area contributed by atoms with Crippen LogP contribution in [-0.4, -0.2) is 48.7 Å². The number of hydrogen-bond donors (Lipinski definition) is 4. The van der Waals surface area contributed by atoms with Gasteiger partial charge in [0, 0.05) is 18.5 Å². The van der Waals surface area contributed by atoms with Crippen molar-refractivity contribution in [2.24, 2.45) is 10.9 Å². The van der Waals surface area contributed by atoms with E-state index in [4.69, 9.17) is 15.2 Å². The van der Waals surface area contributed by atoms with Crippen LogP contribution in [0.4, 0.5) is 0 Å². The second-order valence-corrected chi connectivity index (χ2v) is 10.2. The third-order valence-electron chi connectivity index (χ3n) is 4.52. The summed E-state index contributed by atoms with van der Waals surface area (Å²) in [4.78, 5) is 12.4. The fraction of sp³-hybridized carbons (Fsp3) is 0.333. The summed E-state index contributed by atoms with van der Waals surface area (Å²) in [6.07, 6.45) is 1.21. The number of carbonyl (C=O) groups is 1. The standard InChI is InChI=1S/C21H23Br4N3O5/c1-32-20-15(24)9-12(18(29)17(20)25)10-16(28-31)21(30)27-5-2-6-33-19-13(22)7-11(3-4-26)8-14(19)23/h7-9,29,31H,2-6,10,26H2,1H3,(H,27,30)/b28-16+. The fourth-order valence-electron chi connectivity index (χ4n) is 2.92. The minimum absolute atomic E-state index is 0.0824. The van der Waals surface area contributed by atoms with Crippen LogP contribution in [-0.2, 0) is 17.6 Å². The Hall–Kier alpha value is -1.34. The number of rotatable bonds is 11. The summed E-state index contributed by atoms with van der Waals surface area (Å²) in [5, 5.41) is 25.5. The number of aromatic hydroxyl groups is 1. The molecule has 2 aromatic carbocycles. The topological polar surface area (TPSA) is 126 Å². The predicted molar refractivity (Wildman–Crippen MR) is 141 cm³/mol. The Morgan fingerprint density at radius 1 is 1.12 bits per heavy atom. The number of carbonyl (C=O) groups excluding carboxylic acids is 1. The summed E-state index contributed by atoms with van der Waals surface area (Å²) in [6, 6.07) is 5.52. The third kappa shape index (κ3) is 7.57. The molecule has 0 saturated carbocycles. The normalized spacial score (nSPS) is 11.4. The first-order valence-electron chi connectivity index (χ1n) is 9.77. The van der Waals surface area contributed by atoms with Crippen molar-refractivity contribution in [3.05, 3.63) is 47.2 Å². The van der Waals surface area contributed by atoms with Gasteiger partial charge in [0.1, 0.15) is 21.7 Å². The van der Waals surface area contributed by atoms with E-state index < -0.39 is 5.91 Å². The lowest BCUT2D eigenvalue weighted by Crippen LogP contribution is -2.33. The maximum Gasteiger partial charge on any atom is 0.269 e. The summed E-state index contributed by atoms with van der Waals surface area (Å²) in [5.41, 5.74) is 6.93. The highest BCUT2D eigenvalue weighted by atomic mass is 79.9. The van der Waals surface area contributed by atoms with Crippen LogP contribution in [0.3, 0.4) is 0 Å². The van der Waals surface area contributed by atoms with E-state index in [0.717, 1.165) is 20.9 Å². The zero-order valence-electron chi connectivity index (χ0n) is 17.6. The Labute approximate surface area is 225 Å². The summed E-state index contributed by atoms with van der Waals surface area (Å²) in [7, 11) is 1.47. The predicted octanol–water partition coefficient (Wildman–Crippen LogP) is 4.91. The maximum absolute atomic E-state index is 12.4. The van der Waals surface area contributed by atoms with Crippen LogP contribution in [0.15, 0.2) is 41.2 Å². The van der Waals surface area contributed by atoms with Gasteiger partial charge in [-0.25, -0.2) is 0 Å². The first kappa shape index (κ1) is 27.9. The average molecular weight is 717 g/mol. The van der Waals surface area contributed by atoms with Crippen molar-refractivity contribution in [3.63, 3.8) is 0 Å². The molecule has 0 aliphatic rings. The number of phenolic OH excluding ortho intramolecular Hbond substituents is 1. The molecule has 8 nitrogen and oxygen atoms in total. The SMILES string of the molecule is COc1c(Br)cc(C/C(=N\O)C(=O)NCCCOc2c(Br)cc(CCN)cc2Br)c(O)c1Br. The van der Waals surface area contributed by atoms with Crippen molar-refractivity contribution in [3.8, 4) is 17.2 Å². The molecule has 2 aromatic rings. The molecular formula is C21H23Br4N3O5. The van der Waals surface area contributed by atoms with E-state index >= 15 is 0 Å². The number of oxime groups is 1. The van der Waals surface area contributed by atoms with Gasteiger partial charge in [-0.3, -0.25) is 4.79 Å². The number of benzene rings is 2. The fourth-order valence-corrected chi connectivity index (χ4v) is 5.96. The molecule has 0 spiro atoms. The number of nitrogens with two attached hydrogens (primary N) is 1. The zero-order valence-corrected chi connectivity index (χ0v) is 24.0. The van der Waals surface area contributed by atoms with Crippen molar-refractivity contribution >= 4 is 75.3 Å². The van der Waals surface area contributed by atoms with Crippen molar-refractivity contribution in [1.82, 2.24) is 5.32 Å². The van der Waals surface area contributed by atoms with Crippen molar-refractivity contribution in [2.75, 3.05) is 26.8 Å². The summed E-state index contributed by atoms with van der Waals surface area (Å²) >= 11 is 13.6. The molecule has 0 aliphatic carbocycles. The van der Waals surface area contributed by atoms with E-state index in [0.29, 0.717) is 52.1 Å². The average Bonchev–Trinajstić information content (AvgIpc) is 2.77. The van der Waals surface area contributed by atoms with E-state index in [2.05, 4.69) is 74.2 Å². The molecule has 0 radical (unpaired) electrons. The number of halogens is 4. The highest BCUT2D eigenvalue weighted by Gasteiger charge is 2.20. The Morgan fingerprint density at radius 3 is 2.33 bits per heavy atom. The number of phenols is 1. The monoisotopic (exact) mass is 713 g/mol. The number of nitrogens with zero attached hydrogens (tertiary/aromatic N) is 1. The van der Waals surface area contributed by atoms with E-state index in [9.17, 15) is 15.1 Å². The van der Waals surface area contributed by atoms with Gasteiger partial charge in [0.05, 0.1) is 27.1 Å². The first-order chi connectivity index (χ1) is 15.7. The van der Waals surface area contributed by atoms with Gasteiger partial charge < -0.3 is 30.8 Å². The first-order valence-corrected chi connectivity index (χ1v) is 12.9. The lowest BCUT2D eigenvalue weighted by molar-refractivity contribution is -0.115. The molecule has 12 heteroatoms. The molecule has 33 heavy (non-hydrogen) atoms. The Kier molecular flexibility index (Phi) is 11.4. The number of nitrogens with one attached hydrogen (secondary N) is 1. The largest absolute Gasteiger partial charge is 0.506 e. The number of amides is 1. The summed E-state index contributed by atoms with van der Waals surface area (Å²) in [6.45, 7) is 1.23. The van der Waals surface area contributed by atoms with Crippen LogP contribution in [0.1, 0.15) is 17.5 Å². The molecular weight excluding hydrogens is 694 g/mol. The van der Waals surface area contributed by atoms with Crippen LogP contribution < -0.4 is 20.5 Å². The third-order valence-corrected chi connectivity index (χ3v) is 7.02. The van der Waals surface area contributed by atoms with Gasteiger partial charge in [-0.15, -0.1) is 0 Å². The van der Waals surface area contributed by atoms with E-state index in [1.165, 1.54) is 7.11 Å². The molecule has 5 N–H and O–H groups in total. The van der Waals surface area contributed by atoms with E-state index in [-0.39, 0.29) is 17.9 Å². The quantitative estimate of drug-likeness (QED) is 0.113. The molecule has 1 amide bonds. The highest BCUT2D eigenvalue weighted by molar-refractivity contribution is 9.11. The molecule has 0 aromatic heterocycles. The molecule has 0 unspecified atom stereocenters. The van der Waals surface area contributed by atoms with Crippen molar-refractivity contribution in [2.45, 2.75) is 19.3 Å². The molecule has 0 atom stereocenters. The molecule has 180 valence electrons. The van der Waals surface area contributed by atoms with Gasteiger partial charge in [0.15, 0.2) is 5.75 Å². The molecule has 0 heterocycles. The molecule has 0 bridgehead atoms.